The maximum Gasteiger partial charge on any atom is 0.239 e. The van der Waals surface area contributed by atoms with Crippen molar-refractivity contribution < 1.29 is 4.79 Å². The molecular weight excluding hydrogens is 280 g/mol. The van der Waals surface area contributed by atoms with Crippen LogP contribution >= 0.6 is 11.3 Å². The molecular formula is C17H26N2OS. The number of hydrogen-bond acceptors (Lipinski definition) is 3. The minimum Gasteiger partial charge on any atom is -0.341 e. The number of carbonyl (C=O) groups is 1. The lowest BCUT2D eigenvalue weighted by atomic mass is 9.85. The third-order valence-electron chi connectivity index (χ3n) is 5.06. The van der Waals surface area contributed by atoms with Gasteiger partial charge < -0.3 is 10.2 Å². The Balaban J connectivity index is 1.55. The average molecular weight is 306 g/mol. The lowest BCUT2D eigenvalue weighted by Gasteiger charge is -2.25. The summed E-state index contributed by atoms with van der Waals surface area (Å²) in [5.41, 5.74) is 0. The van der Waals surface area contributed by atoms with Crippen LogP contribution in [-0.4, -0.2) is 36.0 Å². The normalized spacial score (nSPS) is 28.3. The molecule has 1 amide bonds. The van der Waals surface area contributed by atoms with E-state index in [1.54, 1.807) is 11.3 Å². The molecule has 4 heteroatoms. The first-order valence-corrected chi connectivity index (χ1v) is 9.23. The summed E-state index contributed by atoms with van der Waals surface area (Å²) in [6, 6.07) is 4.91. The highest BCUT2D eigenvalue weighted by Gasteiger charge is 2.39. The fraction of sp³-hybridized carbons (Fsp3) is 0.706. The largest absolute Gasteiger partial charge is 0.341 e. The molecule has 1 aliphatic carbocycles. The first-order chi connectivity index (χ1) is 10.3. The molecule has 0 radical (unpaired) electrons. The van der Waals surface area contributed by atoms with Gasteiger partial charge >= 0.3 is 0 Å². The number of carbonyl (C=O) groups excluding carboxylic acids is 1. The van der Waals surface area contributed by atoms with Crippen LogP contribution in [0.15, 0.2) is 17.5 Å². The van der Waals surface area contributed by atoms with Crippen molar-refractivity contribution in [3.63, 3.8) is 0 Å². The third-order valence-corrected chi connectivity index (χ3v) is 6.00. The van der Waals surface area contributed by atoms with E-state index in [2.05, 4.69) is 29.8 Å². The molecule has 3 unspecified atom stereocenters. The Morgan fingerprint density at radius 3 is 3.00 bits per heavy atom. The fourth-order valence-electron chi connectivity index (χ4n) is 3.86. The van der Waals surface area contributed by atoms with Crippen LogP contribution in [0, 0.1) is 5.92 Å². The van der Waals surface area contributed by atoms with Crippen molar-refractivity contribution in [1.82, 2.24) is 10.2 Å². The van der Waals surface area contributed by atoms with Gasteiger partial charge in [-0.15, -0.1) is 11.3 Å². The van der Waals surface area contributed by atoms with Crippen LogP contribution in [0.1, 0.15) is 43.9 Å². The lowest BCUT2D eigenvalue weighted by Crippen LogP contribution is -2.46. The molecule has 1 aromatic heterocycles. The van der Waals surface area contributed by atoms with Crippen molar-refractivity contribution >= 4 is 17.2 Å². The van der Waals surface area contributed by atoms with Crippen LogP contribution < -0.4 is 5.32 Å². The Morgan fingerprint density at radius 2 is 2.29 bits per heavy atom. The van der Waals surface area contributed by atoms with E-state index in [0.717, 1.165) is 31.8 Å². The van der Waals surface area contributed by atoms with Gasteiger partial charge in [0, 0.05) is 24.0 Å². The average Bonchev–Trinajstić information content (AvgIpc) is 3.16. The molecule has 2 aliphatic rings. The van der Waals surface area contributed by atoms with Gasteiger partial charge in [-0.2, -0.15) is 0 Å². The molecule has 1 N–H and O–H groups in total. The monoisotopic (exact) mass is 306 g/mol. The summed E-state index contributed by atoms with van der Waals surface area (Å²) in [4.78, 5) is 16.2. The molecule has 0 bridgehead atoms. The van der Waals surface area contributed by atoms with Crippen LogP contribution in [0.25, 0.3) is 0 Å². The van der Waals surface area contributed by atoms with Gasteiger partial charge in [0.25, 0.3) is 0 Å². The molecule has 3 atom stereocenters. The van der Waals surface area contributed by atoms with Crippen LogP contribution in [-0.2, 0) is 11.2 Å². The number of thiophene rings is 1. The zero-order valence-corrected chi connectivity index (χ0v) is 13.7. The van der Waals surface area contributed by atoms with Crippen molar-refractivity contribution in [3.05, 3.63) is 22.4 Å². The van der Waals surface area contributed by atoms with Crippen molar-refractivity contribution in [2.24, 2.45) is 5.92 Å². The molecule has 1 saturated carbocycles. The number of likely N-dealkylation sites (N-methyl/N-ethyl adjacent to an activating group) is 1. The van der Waals surface area contributed by atoms with Crippen LogP contribution in [0.4, 0.5) is 0 Å². The molecule has 1 saturated heterocycles. The SMILES string of the molecule is CCN(CCc1cccs1)C(=O)C1CC2CCCCC2N1. The van der Waals surface area contributed by atoms with Gasteiger partial charge in [0.05, 0.1) is 6.04 Å². The summed E-state index contributed by atoms with van der Waals surface area (Å²) in [5, 5.41) is 5.72. The van der Waals surface area contributed by atoms with E-state index in [1.165, 1.54) is 30.6 Å². The smallest absolute Gasteiger partial charge is 0.239 e. The van der Waals surface area contributed by atoms with Gasteiger partial charge in [-0.1, -0.05) is 18.9 Å². The summed E-state index contributed by atoms with van der Waals surface area (Å²) < 4.78 is 0. The Kier molecular flexibility index (Phi) is 4.96. The second-order valence-electron chi connectivity index (χ2n) is 6.35. The van der Waals surface area contributed by atoms with Gasteiger partial charge in [0.1, 0.15) is 0 Å². The van der Waals surface area contributed by atoms with Gasteiger partial charge in [-0.05, 0) is 50.0 Å². The number of rotatable bonds is 5. The summed E-state index contributed by atoms with van der Waals surface area (Å²) in [6.45, 7) is 3.76. The molecule has 3 nitrogen and oxygen atoms in total. The second kappa shape index (κ2) is 6.93. The fourth-order valence-corrected chi connectivity index (χ4v) is 4.55. The van der Waals surface area contributed by atoms with E-state index >= 15 is 0 Å². The molecule has 2 fully saturated rings. The van der Waals surface area contributed by atoms with Gasteiger partial charge in [0.15, 0.2) is 0 Å². The van der Waals surface area contributed by atoms with Gasteiger partial charge in [-0.25, -0.2) is 0 Å². The van der Waals surface area contributed by atoms with Crippen LogP contribution in [0.5, 0.6) is 0 Å². The summed E-state index contributed by atoms with van der Waals surface area (Å²) in [6.07, 6.45) is 7.28. The van der Waals surface area contributed by atoms with Gasteiger partial charge in [-0.3, -0.25) is 4.79 Å². The number of amides is 1. The maximum absolute atomic E-state index is 12.7. The molecule has 0 spiro atoms. The van der Waals surface area contributed by atoms with E-state index in [4.69, 9.17) is 0 Å². The van der Waals surface area contributed by atoms with Crippen molar-refractivity contribution in [2.75, 3.05) is 13.1 Å². The Morgan fingerprint density at radius 1 is 1.43 bits per heavy atom. The van der Waals surface area contributed by atoms with Crippen molar-refractivity contribution in [2.45, 2.75) is 57.5 Å². The molecule has 2 heterocycles. The van der Waals surface area contributed by atoms with E-state index in [9.17, 15) is 4.79 Å². The quantitative estimate of drug-likeness (QED) is 0.907. The van der Waals surface area contributed by atoms with E-state index in [1.807, 2.05) is 4.90 Å². The first kappa shape index (κ1) is 15.0. The maximum atomic E-state index is 12.7. The zero-order valence-electron chi connectivity index (χ0n) is 12.9. The van der Waals surface area contributed by atoms with Crippen molar-refractivity contribution in [3.8, 4) is 0 Å². The molecule has 1 aliphatic heterocycles. The number of nitrogens with one attached hydrogen (secondary N) is 1. The highest BCUT2D eigenvalue weighted by molar-refractivity contribution is 7.09. The minimum absolute atomic E-state index is 0.0707. The standard InChI is InChI=1S/C17H26N2OS/c1-2-19(10-9-14-7-5-11-21-14)17(20)16-12-13-6-3-4-8-15(13)18-16/h5,7,11,13,15-16,18H,2-4,6,8-10,12H2,1H3. The topological polar surface area (TPSA) is 32.3 Å². The van der Waals surface area contributed by atoms with Crippen molar-refractivity contribution in [1.29, 1.82) is 0 Å². The Hall–Kier alpha value is -0.870. The van der Waals surface area contributed by atoms with Crippen LogP contribution in [0.3, 0.4) is 0 Å². The molecule has 0 aromatic carbocycles. The summed E-state index contributed by atoms with van der Waals surface area (Å²) >= 11 is 1.78. The molecule has 116 valence electrons. The Labute approximate surface area is 131 Å². The van der Waals surface area contributed by atoms with E-state index in [0.29, 0.717) is 11.9 Å². The third kappa shape index (κ3) is 3.49. The lowest BCUT2D eigenvalue weighted by molar-refractivity contribution is -0.133. The zero-order chi connectivity index (χ0) is 14.7. The number of nitrogens with zero attached hydrogens (tertiary/aromatic N) is 1. The van der Waals surface area contributed by atoms with Crippen LogP contribution in [0.2, 0.25) is 0 Å². The van der Waals surface area contributed by atoms with E-state index in [-0.39, 0.29) is 6.04 Å². The Bertz CT molecular complexity index is 445. The summed E-state index contributed by atoms with van der Waals surface area (Å²) in [7, 11) is 0. The highest BCUT2D eigenvalue weighted by Crippen LogP contribution is 2.33. The molecule has 1 aromatic rings. The first-order valence-electron chi connectivity index (χ1n) is 8.35. The second-order valence-corrected chi connectivity index (χ2v) is 7.39. The minimum atomic E-state index is 0.0707. The number of hydrogen-bond donors (Lipinski definition) is 1. The predicted molar refractivity (Wildman–Crippen MR) is 87.6 cm³/mol. The number of fused-ring (bicyclic) bond motifs is 1. The summed E-state index contributed by atoms with van der Waals surface area (Å²) in [5.74, 6) is 1.06. The predicted octanol–water partition coefficient (Wildman–Crippen LogP) is 3.06. The van der Waals surface area contributed by atoms with E-state index < -0.39 is 0 Å². The molecule has 21 heavy (non-hydrogen) atoms. The molecule has 3 rings (SSSR count). The van der Waals surface area contributed by atoms with Gasteiger partial charge in [0.2, 0.25) is 5.91 Å². The highest BCUT2D eigenvalue weighted by atomic mass is 32.1.